The van der Waals surface area contributed by atoms with Crippen LogP contribution in [0.2, 0.25) is 10.0 Å². The van der Waals surface area contributed by atoms with E-state index in [0.717, 1.165) is 11.1 Å². The van der Waals surface area contributed by atoms with Crippen LogP contribution in [0.25, 0.3) is 22.5 Å². The molecule has 0 spiro atoms. The molecule has 2 aromatic carbocycles. The molecule has 0 bridgehead atoms. The third-order valence-corrected chi connectivity index (χ3v) is 3.32. The Kier molecular flexibility index (Phi) is 3.73. The minimum absolute atomic E-state index is 0.116. The third-order valence-electron chi connectivity index (χ3n) is 2.89. The van der Waals surface area contributed by atoms with Crippen molar-refractivity contribution in [3.05, 3.63) is 58.6 Å². The monoisotopic (exact) mass is 316 g/mol. The molecule has 0 fully saturated rings. The van der Waals surface area contributed by atoms with Gasteiger partial charge in [0.25, 0.3) is 0 Å². The molecule has 1 heterocycles. The summed E-state index contributed by atoms with van der Waals surface area (Å²) in [7, 11) is 0. The highest BCUT2D eigenvalue weighted by molar-refractivity contribution is 6.35. The molecule has 6 heteroatoms. The van der Waals surface area contributed by atoms with Gasteiger partial charge in [-0.3, -0.25) is 0 Å². The molecule has 0 amide bonds. The van der Waals surface area contributed by atoms with Gasteiger partial charge in [-0.1, -0.05) is 53.5 Å². The van der Waals surface area contributed by atoms with E-state index in [1.165, 1.54) is 0 Å². The van der Waals surface area contributed by atoms with Crippen LogP contribution in [0.15, 0.2) is 48.5 Å². The van der Waals surface area contributed by atoms with E-state index >= 15 is 0 Å². The Morgan fingerprint density at radius 1 is 0.762 bits per heavy atom. The summed E-state index contributed by atoms with van der Waals surface area (Å²) in [6, 6.07) is 14.8. The second-order valence-corrected chi connectivity index (χ2v) is 5.26. The van der Waals surface area contributed by atoms with Gasteiger partial charge in [0.2, 0.25) is 5.95 Å². The van der Waals surface area contributed by atoms with Crippen LogP contribution in [0.5, 0.6) is 0 Å². The number of anilines is 1. The summed E-state index contributed by atoms with van der Waals surface area (Å²) in [4.78, 5) is 4.30. The molecule has 0 atom stereocenters. The van der Waals surface area contributed by atoms with Crippen molar-refractivity contribution >= 4 is 29.2 Å². The predicted octanol–water partition coefficient (Wildman–Crippen LogP) is 4.09. The summed E-state index contributed by atoms with van der Waals surface area (Å²) in [5.41, 5.74) is 8.52. The van der Waals surface area contributed by atoms with Gasteiger partial charge in [-0.2, -0.15) is 0 Å². The van der Waals surface area contributed by atoms with Gasteiger partial charge >= 0.3 is 0 Å². The molecule has 0 saturated carbocycles. The molecule has 21 heavy (non-hydrogen) atoms. The van der Waals surface area contributed by atoms with Crippen molar-refractivity contribution in [2.75, 3.05) is 5.73 Å². The van der Waals surface area contributed by atoms with Crippen LogP contribution < -0.4 is 5.73 Å². The van der Waals surface area contributed by atoms with E-state index in [1.807, 2.05) is 30.3 Å². The Morgan fingerprint density at radius 2 is 1.43 bits per heavy atom. The van der Waals surface area contributed by atoms with E-state index < -0.39 is 0 Å². The highest BCUT2D eigenvalue weighted by Gasteiger charge is 2.13. The van der Waals surface area contributed by atoms with Gasteiger partial charge < -0.3 is 5.73 Å². The largest absolute Gasteiger partial charge is 0.366 e. The second-order valence-electron chi connectivity index (χ2n) is 4.39. The van der Waals surface area contributed by atoms with Gasteiger partial charge in [-0.05, 0) is 18.2 Å². The maximum atomic E-state index is 6.05. The molecule has 0 saturated heterocycles. The first-order valence-electron chi connectivity index (χ1n) is 6.15. The first kappa shape index (κ1) is 13.8. The summed E-state index contributed by atoms with van der Waals surface area (Å²) in [6.45, 7) is 0. The minimum atomic E-state index is 0.116. The van der Waals surface area contributed by atoms with Gasteiger partial charge in [0.15, 0.2) is 0 Å². The lowest BCUT2D eigenvalue weighted by Crippen LogP contribution is -2.02. The Labute approximate surface area is 131 Å². The number of hydrogen-bond acceptors (Lipinski definition) is 4. The number of nitrogen functional groups attached to an aromatic ring is 1. The highest BCUT2D eigenvalue weighted by atomic mass is 35.5. The Hall–Kier alpha value is -2.17. The van der Waals surface area contributed by atoms with Crippen molar-refractivity contribution in [3.63, 3.8) is 0 Å². The van der Waals surface area contributed by atoms with E-state index in [-0.39, 0.29) is 5.95 Å². The molecule has 0 unspecified atom stereocenters. The molecule has 4 nitrogen and oxygen atoms in total. The molecule has 3 rings (SSSR count). The van der Waals surface area contributed by atoms with Gasteiger partial charge in [-0.25, -0.2) is 4.98 Å². The van der Waals surface area contributed by atoms with Crippen LogP contribution in [0.1, 0.15) is 0 Å². The van der Waals surface area contributed by atoms with E-state index in [9.17, 15) is 0 Å². The van der Waals surface area contributed by atoms with E-state index in [0.29, 0.717) is 21.4 Å². The van der Waals surface area contributed by atoms with Crippen LogP contribution in [-0.2, 0) is 0 Å². The van der Waals surface area contributed by atoms with Crippen molar-refractivity contribution in [1.82, 2.24) is 15.2 Å². The zero-order valence-electron chi connectivity index (χ0n) is 10.8. The molecule has 0 aliphatic rings. The number of benzene rings is 2. The van der Waals surface area contributed by atoms with Gasteiger partial charge in [0, 0.05) is 21.2 Å². The molecule has 0 radical (unpaired) electrons. The fourth-order valence-corrected chi connectivity index (χ4v) is 2.55. The maximum Gasteiger partial charge on any atom is 0.240 e. The average Bonchev–Trinajstić information content (AvgIpc) is 2.47. The van der Waals surface area contributed by atoms with Crippen molar-refractivity contribution in [3.8, 4) is 22.5 Å². The van der Waals surface area contributed by atoms with Crippen molar-refractivity contribution < 1.29 is 0 Å². The lowest BCUT2D eigenvalue weighted by molar-refractivity contribution is 0.997. The SMILES string of the molecule is Nc1nnc(-c2cc(Cl)cc(Cl)c2)c(-c2ccccc2)n1. The zero-order chi connectivity index (χ0) is 14.8. The molecule has 3 aromatic rings. The predicted molar refractivity (Wildman–Crippen MR) is 85.1 cm³/mol. The van der Waals surface area contributed by atoms with Crippen molar-refractivity contribution in [1.29, 1.82) is 0 Å². The fourth-order valence-electron chi connectivity index (χ4n) is 2.02. The lowest BCUT2D eigenvalue weighted by atomic mass is 10.0. The molecular formula is C15H10Cl2N4. The maximum absolute atomic E-state index is 6.05. The zero-order valence-corrected chi connectivity index (χ0v) is 12.3. The summed E-state index contributed by atoms with van der Waals surface area (Å²) >= 11 is 12.1. The summed E-state index contributed by atoms with van der Waals surface area (Å²) in [6.07, 6.45) is 0. The molecule has 0 aliphatic heterocycles. The number of nitrogens with two attached hydrogens (primary N) is 1. The molecule has 0 aliphatic carbocycles. The Morgan fingerprint density at radius 3 is 2.10 bits per heavy atom. The number of halogens is 2. The van der Waals surface area contributed by atoms with Gasteiger partial charge in [0.1, 0.15) is 11.4 Å². The minimum Gasteiger partial charge on any atom is -0.366 e. The van der Waals surface area contributed by atoms with Crippen LogP contribution in [-0.4, -0.2) is 15.2 Å². The van der Waals surface area contributed by atoms with E-state index in [4.69, 9.17) is 28.9 Å². The van der Waals surface area contributed by atoms with E-state index in [2.05, 4.69) is 15.2 Å². The summed E-state index contributed by atoms with van der Waals surface area (Å²) in [5.74, 6) is 0.116. The normalized spacial score (nSPS) is 10.6. The van der Waals surface area contributed by atoms with Crippen molar-refractivity contribution in [2.45, 2.75) is 0 Å². The number of nitrogens with zero attached hydrogens (tertiary/aromatic N) is 3. The average molecular weight is 317 g/mol. The summed E-state index contributed by atoms with van der Waals surface area (Å²) < 4.78 is 0. The van der Waals surface area contributed by atoms with Gasteiger partial charge in [-0.15, -0.1) is 10.2 Å². The molecular weight excluding hydrogens is 307 g/mol. The van der Waals surface area contributed by atoms with Crippen LogP contribution >= 0.6 is 23.2 Å². The molecule has 104 valence electrons. The van der Waals surface area contributed by atoms with Crippen LogP contribution in [0, 0.1) is 0 Å². The first-order valence-corrected chi connectivity index (χ1v) is 6.91. The van der Waals surface area contributed by atoms with E-state index in [1.54, 1.807) is 18.2 Å². The lowest BCUT2D eigenvalue weighted by Gasteiger charge is -2.08. The van der Waals surface area contributed by atoms with Crippen molar-refractivity contribution in [2.24, 2.45) is 0 Å². The van der Waals surface area contributed by atoms with Crippen LogP contribution in [0.4, 0.5) is 5.95 Å². The Bertz CT molecular complexity index is 771. The van der Waals surface area contributed by atoms with Gasteiger partial charge in [0.05, 0.1) is 0 Å². The quantitative estimate of drug-likeness (QED) is 0.773. The standard InChI is InChI=1S/C15H10Cl2N4/c16-11-6-10(7-12(17)8-11)14-13(19-15(18)21-20-14)9-4-2-1-3-5-9/h1-8H,(H2,18,19,21). The fraction of sp³-hybridized carbons (Fsp3) is 0. The van der Waals surface area contributed by atoms with Crippen LogP contribution in [0.3, 0.4) is 0 Å². The first-order chi connectivity index (χ1) is 10.1. The smallest absolute Gasteiger partial charge is 0.240 e. The summed E-state index contributed by atoms with van der Waals surface area (Å²) in [5, 5.41) is 9.03. The highest BCUT2D eigenvalue weighted by Crippen LogP contribution is 2.32. The third kappa shape index (κ3) is 2.96. The molecule has 2 N–H and O–H groups in total. The number of aromatic nitrogens is 3. The molecule has 1 aromatic heterocycles. The Balaban J connectivity index is 2.23. The number of hydrogen-bond donors (Lipinski definition) is 1. The number of rotatable bonds is 2. The second kappa shape index (κ2) is 5.68. The topological polar surface area (TPSA) is 64.7 Å².